The number of rotatable bonds is 5. The molecule has 0 unspecified atom stereocenters. The monoisotopic (exact) mass is 183 g/mol. The third kappa shape index (κ3) is 3.29. The Morgan fingerprint density at radius 3 is 2.92 bits per heavy atom. The molecule has 0 saturated carbocycles. The van der Waals surface area contributed by atoms with Crippen molar-refractivity contribution in [2.24, 2.45) is 0 Å². The van der Waals surface area contributed by atoms with Crippen LogP contribution in [0.15, 0.2) is 22.8 Å². The Kier molecular flexibility index (Phi) is 3.52. The van der Waals surface area contributed by atoms with E-state index in [1.165, 1.54) is 0 Å². The van der Waals surface area contributed by atoms with Crippen LogP contribution < -0.4 is 0 Å². The van der Waals surface area contributed by atoms with Gasteiger partial charge in [0.25, 0.3) is 0 Å². The molecule has 0 bridgehead atoms. The smallest absolute Gasteiger partial charge is 0.317 e. The van der Waals surface area contributed by atoms with Gasteiger partial charge < -0.3 is 9.52 Å². The molecule has 1 rings (SSSR count). The predicted octanol–water partition coefficient (Wildman–Crippen LogP) is 1.19. The molecule has 0 fully saturated rings. The highest BCUT2D eigenvalue weighted by molar-refractivity contribution is 5.69. The quantitative estimate of drug-likeness (QED) is 0.744. The van der Waals surface area contributed by atoms with Gasteiger partial charge in [0.1, 0.15) is 5.76 Å². The van der Waals surface area contributed by atoms with Gasteiger partial charge in [0.2, 0.25) is 0 Å². The Balaban J connectivity index is 2.45. The van der Waals surface area contributed by atoms with E-state index in [4.69, 9.17) is 9.52 Å². The summed E-state index contributed by atoms with van der Waals surface area (Å²) in [5.41, 5.74) is 0. The van der Waals surface area contributed by atoms with E-state index in [-0.39, 0.29) is 6.54 Å². The van der Waals surface area contributed by atoms with Crippen molar-refractivity contribution in [1.29, 1.82) is 0 Å². The summed E-state index contributed by atoms with van der Waals surface area (Å²) >= 11 is 0. The molecular formula is C9H13NO3. The Morgan fingerprint density at radius 2 is 2.46 bits per heavy atom. The van der Waals surface area contributed by atoms with E-state index in [1.807, 2.05) is 13.0 Å². The number of furan rings is 1. The molecule has 13 heavy (non-hydrogen) atoms. The van der Waals surface area contributed by atoms with Crippen LogP contribution in [0.3, 0.4) is 0 Å². The van der Waals surface area contributed by atoms with Crippen molar-refractivity contribution in [3.63, 3.8) is 0 Å². The van der Waals surface area contributed by atoms with Gasteiger partial charge in [-0.05, 0) is 18.7 Å². The largest absolute Gasteiger partial charge is 0.480 e. The van der Waals surface area contributed by atoms with E-state index >= 15 is 0 Å². The normalized spacial score (nSPS) is 10.6. The molecule has 0 aliphatic heterocycles. The molecule has 4 heteroatoms. The standard InChI is InChI=1S/C9H13NO3/c1-2-10(7-9(11)12)6-8-4-3-5-13-8/h3-5H,2,6-7H2,1H3,(H,11,12). The molecule has 0 aromatic carbocycles. The van der Waals surface area contributed by atoms with Crippen LogP contribution in [-0.2, 0) is 11.3 Å². The van der Waals surface area contributed by atoms with E-state index in [2.05, 4.69) is 0 Å². The van der Waals surface area contributed by atoms with E-state index in [0.717, 1.165) is 5.76 Å². The van der Waals surface area contributed by atoms with Crippen LogP contribution in [0.25, 0.3) is 0 Å². The molecule has 0 radical (unpaired) electrons. The molecule has 0 aliphatic carbocycles. The second kappa shape index (κ2) is 4.67. The van der Waals surface area contributed by atoms with E-state index < -0.39 is 5.97 Å². The summed E-state index contributed by atoms with van der Waals surface area (Å²) in [5, 5.41) is 8.57. The van der Waals surface area contributed by atoms with Crippen molar-refractivity contribution < 1.29 is 14.3 Å². The molecule has 4 nitrogen and oxygen atoms in total. The highest BCUT2D eigenvalue weighted by Crippen LogP contribution is 2.04. The number of carbonyl (C=O) groups is 1. The molecular weight excluding hydrogens is 170 g/mol. The van der Waals surface area contributed by atoms with Crippen molar-refractivity contribution in [1.82, 2.24) is 4.90 Å². The van der Waals surface area contributed by atoms with Crippen LogP contribution in [0.2, 0.25) is 0 Å². The minimum Gasteiger partial charge on any atom is -0.480 e. The summed E-state index contributed by atoms with van der Waals surface area (Å²) in [6, 6.07) is 3.63. The van der Waals surface area contributed by atoms with E-state index in [1.54, 1.807) is 17.2 Å². The number of aliphatic carboxylic acids is 1. The third-order valence-corrected chi connectivity index (χ3v) is 1.77. The Morgan fingerprint density at radius 1 is 1.69 bits per heavy atom. The van der Waals surface area contributed by atoms with Gasteiger partial charge in [0.15, 0.2) is 0 Å². The summed E-state index contributed by atoms with van der Waals surface area (Å²) in [5.74, 6) is -0.0171. The van der Waals surface area contributed by atoms with E-state index in [9.17, 15) is 4.79 Å². The molecule has 1 N–H and O–H groups in total. The van der Waals surface area contributed by atoms with Gasteiger partial charge in [-0.25, -0.2) is 0 Å². The first-order valence-electron chi connectivity index (χ1n) is 4.19. The van der Waals surface area contributed by atoms with Gasteiger partial charge in [-0.3, -0.25) is 9.69 Å². The van der Waals surface area contributed by atoms with Gasteiger partial charge in [-0.15, -0.1) is 0 Å². The minimum atomic E-state index is -0.812. The molecule has 72 valence electrons. The molecule has 1 heterocycles. The lowest BCUT2D eigenvalue weighted by Crippen LogP contribution is -2.28. The number of hydrogen-bond acceptors (Lipinski definition) is 3. The Bertz CT molecular complexity index is 256. The average molecular weight is 183 g/mol. The number of carboxylic acid groups (broad SMARTS) is 1. The SMILES string of the molecule is CCN(CC(=O)O)Cc1ccco1. The van der Waals surface area contributed by atoms with E-state index in [0.29, 0.717) is 13.1 Å². The topological polar surface area (TPSA) is 53.7 Å². The van der Waals surface area contributed by atoms with Crippen LogP contribution >= 0.6 is 0 Å². The van der Waals surface area contributed by atoms with Crippen molar-refractivity contribution in [2.75, 3.05) is 13.1 Å². The maximum atomic E-state index is 10.4. The lowest BCUT2D eigenvalue weighted by molar-refractivity contribution is -0.138. The maximum Gasteiger partial charge on any atom is 0.317 e. The van der Waals surface area contributed by atoms with Crippen LogP contribution in [0.1, 0.15) is 12.7 Å². The lowest BCUT2D eigenvalue weighted by atomic mass is 10.4. The minimum absolute atomic E-state index is 0.0528. The molecule has 0 spiro atoms. The third-order valence-electron chi connectivity index (χ3n) is 1.77. The van der Waals surface area contributed by atoms with Gasteiger partial charge in [0, 0.05) is 0 Å². The Hall–Kier alpha value is -1.29. The number of carboxylic acids is 1. The van der Waals surface area contributed by atoms with Crippen LogP contribution in [0, 0.1) is 0 Å². The highest BCUT2D eigenvalue weighted by Gasteiger charge is 2.08. The van der Waals surface area contributed by atoms with Crippen LogP contribution in [0.4, 0.5) is 0 Å². The van der Waals surface area contributed by atoms with Crippen molar-refractivity contribution in [2.45, 2.75) is 13.5 Å². The highest BCUT2D eigenvalue weighted by atomic mass is 16.4. The van der Waals surface area contributed by atoms with Crippen molar-refractivity contribution in [3.05, 3.63) is 24.2 Å². The fourth-order valence-corrected chi connectivity index (χ4v) is 1.09. The summed E-state index contributed by atoms with van der Waals surface area (Å²) < 4.78 is 5.11. The molecule has 1 aromatic rings. The van der Waals surface area contributed by atoms with Crippen LogP contribution in [-0.4, -0.2) is 29.1 Å². The average Bonchev–Trinajstić information content (AvgIpc) is 2.55. The summed E-state index contributed by atoms with van der Waals surface area (Å²) in [6.45, 7) is 3.23. The molecule has 0 atom stereocenters. The zero-order valence-electron chi connectivity index (χ0n) is 7.56. The number of nitrogens with zero attached hydrogens (tertiary/aromatic N) is 1. The van der Waals surface area contributed by atoms with Gasteiger partial charge in [0.05, 0.1) is 19.4 Å². The number of likely N-dealkylation sites (N-methyl/N-ethyl adjacent to an activating group) is 1. The summed E-state index contributed by atoms with van der Waals surface area (Å²) in [7, 11) is 0. The zero-order chi connectivity index (χ0) is 9.68. The maximum absolute atomic E-state index is 10.4. The summed E-state index contributed by atoms with van der Waals surface area (Å²) in [6.07, 6.45) is 1.59. The van der Waals surface area contributed by atoms with Crippen molar-refractivity contribution >= 4 is 5.97 Å². The second-order valence-electron chi connectivity index (χ2n) is 2.78. The van der Waals surface area contributed by atoms with Crippen molar-refractivity contribution in [3.8, 4) is 0 Å². The van der Waals surface area contributed by atoms with Gasteiger partial charge >= 0.3 is 5.97 Å². The Labute approximate surface area is 76.8 Å². The molecule has 0 amide bonds. The second-order valence-corrected chi connectivity index (χ2v) is 2.78. The number of hydrogen-bond donors (Lipinski definition) is 1. The van der Waals surface area contributed by atoms with Gasteiger partial charge in [-0.2, -0.15) is 0 Å². The molecule has 1 aromatic heterocycles. The first-order valence-corrected chi connectivity index (χ1v) is 4.19. The predicted molar refractivity (Wildman–Crippen MR) is 47.3 cm³/mol. The first kappa shape index (κ1) is 9.80. The molecule has 0 aliphatic rings. The zero-order valence-corrected chi connectivity index (χ0v) is 7.56. The first-order chi connectivity index (χ1) is 6.22. The fraction of sp³-hybridized carbons (Fsp3) is 0.444. The fourth-order valence-electron chi connectivity index (χ4n) is 1.09. The summed E-state index contributed by atoms with van der Waals surface area (Å²) in [4.78, 5) is 12.2. The lowest BCUT2D eigenvalue weighted by Gasteiger charge is -2.15. The molecule has 0 saturated heterocycles. The van der Waals surface area contributed by atoms with Crippen LogP contribution in [0.5, 0.6) is 0 Å². The van der Waals surface area contributed by atoms with Gasteiger partial charge in [-0.1, -0.05) is 6.92 Å².